The SMILES string of the molecule is CCCC(C)C1=C(C#N)C(=C(C#N)C#N)OC1(c1ccc(-c2ccccc2)cc1)C(F)(F)F. The van der Waals surface area contributed by atoms with Crippen molar-refractivity contribution in [1.82, 2.24) is 0 Å². The van der Waals surface area contributed by atoms with E-state index in [1.165, 1.54) is 12.1 Å². The van der Waals surface area contributed by atoms with Crippen LogP contribution in [0.1, 0.15) is 32.3 Å². The van der Waals surface area contributed by atoms with Gasteiger partial charge in [-0.3, -0.25) is 0 Å². The van der Waals surface area contributed by atoms with Gasteiger partial charge in [0.1, 0.15) is 23.8 Å². The third-order valence-corrected chi connectivity index (χ3v) is 5.71. The molecule has 0 spiro atoms. The van der Waals surface area contributed by atoms with Crippen molar-refractivity contribution in [3.05, 3.63) is 82.6 Å². The van der Waals surface area contributed by atoms with Gasteiger partial charge in [-0.1, -0.05) is 74.9 Å². The number of ether oxygens (including phenoxy) is 1. The van der Waals surface area contributed by atoms with Crippen LogP contribution in [-0.4, -0.2) is 6.18 Å². The van der Waals surface area contributed by atoms with E-state index in [1.54, 1.807) is 37.3 Å². The summed E-state index contributed by atoms with van der Waals surface area (Å²) in [4.78, 5) is 0. The van der Waals surface area contributed by atoms with Gasteiger partial charge in [-0.05, 0) is 23.5 Å². The topological polar surface area (TPSA) is 80.6 Å². The lowest BCUT2D eigenvalue weighted by Gasteiger charge is -2.36. The third kappa shape index (κ3) is 3.97. The molecule has 1 heterocycles. The van der Waals surface area contributed by atoms with Crippen LogP contribution in [0, 0.1) is 39.9 Å². The summed E-state index contributed by atoms with van der Waals surface area (Å²) in [6, 6.07) is 19.9. The first-order valence-electron chi connectivity index (χ1n) is 10.4. The summed E-state index contributed by atoms with van der Waals surface area (Å²) in [5.41, 5.74) is -2.99. The molecule has 2 aromatic rings. The molecule has 0 saturated carbocycles. The normalized spacial score (nSPS) is 18.7. The van der Waals surface area contributed by atoms with Crippen molar-refractivity contribution >= 4 is 0 Å². The Kier molecular flexibility index (Phi) is 6.61. The predicted octanol–water partition coefficient (Wildman–Crippen LogP) is 6.70. The van der Waals surface area contributed by atoms with Crippen LogP contribution in [0.15, 0.2) is 77.1 Å². The Hall–Kier alpha value is -4.02. The molecule has 1 aliphatic heterocycles. The Labute approximate surface area is 190 Å². The van der Waals surface area contributed by atoms with E-state index in [4.69, 9.17) is 4.74 Å². The van der Waals surface area contributed by atoms with Crippen molar-refractivity contribution in [2.45, 2.75) is 38.5 Å². The summed E-state index contributed by atoms with van der Waals surface area (Å²) >= 11 is 0. The van der Waals surface area contributed by atoms with Crippen molar-refractivity contribution in [3.63, 3.8) is 0 Å². The van der Waals surface area contributed by atoms with Crippen LogP contribution >= 0.6 is 0 Å². The van der Waals surface area contributed by atoms with E-state index in [0.717, 1.165) is 5.56 Å². The maximum Gasteiger partial charge on any atom is 0.436 e. The van der Waals surface area contributed by atoms with Crippen LogP contribution < -0.4 is 0 Å². The molecule has 2 aromatic carbocycles. The zero-order chi connectivity index (χ0) is 24.2. The summed E-state index contributed by atoms with van der Waals surface area (Å²) in [5, 5.41) is 28.4. The average Bonchev–Trinajstić information content (AvgIpc) is 3.17. The van der Waals surface area contributed by atoms with Gasteiger partial charge >= 0.3 is 6.18 Å². The molecule has 0 fully saturated rings. The number of hydrogen-bond acceptors (Lipinski definition) is 4. The maximum absolute atomic E-state index is 14.9. The first kappa shape index (κ1) is 23.6. The molecule has 2 atom stereocenters. The molecule has 166 valence electrons. The van der Waals surface area contributed by atoms with Crippen LogP contribution in [-0.2, 0) is 10.3 Å². The van der Waals surface area contributed by atoms with Crippen LogP contribution in [0.2, 0.25) is 0 Å². The van der Waals surface area contributed by atoms with Crippen molar-refractivity contribution in [2.75, 3.05) is 0 Å². The van der Waals surface area contributed by atoms with E-state index in [-0.39, 0.29) is 11.1 Å². The first-order valence-corrected chi connectivity index (χ1v) is 10.4. The van der Waals surface area contributed by atoms with Gasteiger partial charge in [0.15, 0.2) is 11.3 Å². The van der Waals surface area contributed by atoms with Gasteiger partial charge in [0.05, 0.1) is 0 Å². The Morgan fingerprint density at radius 2 is 1.55 bits per heavy atom. The van der Waals surface area contributed by atoms with Crippen molar-refractivity contribution in [3.8, 4) is 29.3 Å². The molecule has 0 N–H and O–H groups in total. The molecule has 7 heteroatoms. The molecule has 0 amide bonds. The summed E-state index contributed by atoms with van der Waals surface area (Å²) in [6.45, 7) is 3.43. The molecular formula is C26H20F3N3O. The summed E-state index contributed by atoms with van der Waals surface area (Å²) in [6.07, 6.45) is -4.02. The lowest BCUT2D eigenvalue weighted by molar-refractivity contribution is -0.252. The predicted molar refractivity (Wildman–Crippen MR) is 116 cm³/mol. The number of benzene rings is 2. The second-order valence-electron chi connectivity index (χ2n) is 7.74. The number of rotatable bonds is 5. The molecule has 3 rings (SSSR count). The average molecular weight is 447 g/mol. The lowest BCUT2D eigenvalue weighted by Crippen LogP contribution is -2.45. The molecule has 0 aromatic heterocycles. The smallest absolute Gasteiger partial charge is 0.436 e. The fraction of sp³-hybridized carbons (Fsp3) is 0.269. The minimum absolute atomic E-state index is 0.217. The van der Waals surface area contributed by atoms with E-state index in [9.17, 15) is 29.0 Å². The largest absolute Gasteiger partial charge is 0.465 e. The van der Waals surface area contributed by atoms with Gasteiger partial charge in [-0.2, -0.15) is 29.0 Å². The zero-order valence-electron chi connectivity index (χ0n) is 18.1. The van der Waals surface area contributed by atoms with E-state index >= 15 is 0 Å². The fourth-order valence-corrected chi connectivity index (χ4v) is 4.26. The summed E-state index contributed by atoms with van der Waals surface area (Å²) in [5.74, 6) is -1.30. The van der Waals surface area contributed by atoms with Crippen molar-refractivity contribution < 1.29 is 17.9 Å². The van der Waals surface area contributed by atoms with E-state index in [0.29, 0.717) is 18.4 Å². The monoisotopic (exact) mass is 447 g/mol. The van der Waals surface area contributed by atoms with E-state index in [2.05, 4.69) is 0 Å². The third-order valence-electron chi connectivity index (χ3n) is 5.71. The molecule has 2 unspecified atom stereocenters. The van der Waals surface area contributed by atoms with E-state index in [1.807, 2.05) is 37.3 Å². The minimum atomic E-state index is -4.96. The van der Waals surface area contributed by atoms with Crippen molar-refractivity contribution in [1.29, 1.82) is 15.8 Å². The summed E-state index contributed by atoms with van der Waals surface area (Å²) in [7, 11) is 0. The first-order chi connectivity index (χ1) is 15.7. The molecule has 0 bridgehead atoms. The van der Waals surface area contributed by atoms with Crippen LogP contribution in [0.3, 0.4) is 0 Å². The van der Waals surface area contributed by atoms with Crippen molar-refractivity contribution in [2.24, 2.45) is 5.92 Å². The zero-order valence-corrected chi connectivity index (χ0v) is 18.1. The maximum atomic E-state index is 14.9. The molecular weight excluding hydrogens is 427 g/mol. The van der Waals surface area contributed by atoms with Crippen LogP contribution in [0.25, 0.3) is 11.1 Å². The van der Waals surface area contributed by atoms with Gasteiger partial charge in [0, 0.05) is 11.1 Å². The molecule has 0 saturated heterocycles. The molecule has 0 radical (unpaired) electrons. The van der Waals surface area contributed by atoms with Gasteiger partial charge in [0.25, 0.3) is 5.60 Å². The quantitative estimate of drug-likeness (QED) is 0.478. The molecule has 4 nitrogen and oxygen atoms in total. The van der Waals surface area contributed by atoms with Gasteiger partial charge in [-0.25, -0.2) is 0 Å². The fourth-order valence-electron chi connectivity index (χ4n) is 4.26. The number of nitriles is 3. The van der Waals surface area contributed by atoms with E-state index < -0.39 is 34.6 Å². The highest BCUT2D eigenvalue weighted by molar-refractivity contribution is 5.65. The Morgan fingerprint density at radius 1 is 0.970 bits per heavy atom. The molecule has 33 heavy (non-hydrogen) atoms. The highest BCUT2D eigenvalue weighted by atomic mass is 19.4. The van der Waals surface area contributed by atoms with Gasteiger partial charge in [-0.15, -0.1) is 0 Å². The number of halogens is 3. The Balaban J connectivity index is 2.32. The number of hydrogen-bond donors (Lipinski definition) is 0. The van der Waals surface area contributed by atoms with Gasteiger partial charge < -0.3 is 4.74 Å². The number of nitrogens with zero attached hydrogens (tertiary/aromatic N) is 3. The Bertz CT molecular complexity index is 1210. The van der Waals surface area contributed by atoms with Gasteiger partial charge in [0.2, 0.25) is 0 Å². The van der Waals surface area contributed by atoms with Crippen LogP contribution in [0.4, 0.5) is 13.2 Å². The van der Waals surface area contributed by atoms with Crippen LogP contribution in [0.5, 0.6) is 0 Å². The highest BCUT2D eigenvalue weighted by Crippen LogP contribution is 2.58. The molecule has 0 aliphatic carbocycles. The summed E-state index contributed by atoms with van der Waals surface area (Å²) < 4.78 is 50.1. The lowest BCUT2D eigenvalue weighted by atomic mass is 9.76. The standard InChI is InChI=1S/C26H20F3N3O/c1-3-7-17(2)23-22(16-32)24(20(14-30)15-31)33-25(23,26(27,28)29)21-12-10-19(11-13-21)18-8-5-4-6-9-18/h4-6,8-13,17H,3,7H2,1-2H3. The Morgan fingerprint density at radius 3 is 2.03 bits per heavy atom. The second-order valence-corrected chi connectivity index (χ2v) is 7.74. The minimum Gasteiger partial charge on any atom is -0.465 e. The number of allylic oxidation sites excluding steroid dienone is 2. The number of alkyl halides is 3. The second kappa shape index (κ2) is 9.23. The molecule has 1 aliphatic rings. The highest BCUT2D eigenvalue weighted by Gasteiger charge is 2.66.